The third kappa shape index (κ3) is 4.62. The maximum absolute atomic E-state index is 5.94. The third-order valence-corrected chi connectivity index (χ3v) is 6.82. The van der Waals surface area contributed by atoms with E-state index in [-0.39, 0.29) is 0 Å². The minimum absolute atomic E-state index is 0.634. The van der Waals surface area contributed by atoms with Crippen molar-refractivity contribution in [3.8, 4) is 0 Å². The van der Waals surface area contributed by atoms with Crippen molar-refractivity contribution in [2.24, 2.45) is 0 Å². The zero-order valence-corrected chi connectivity index (χ0v) is 18.4. The minimum Gasteiger partial charge on any atom is -0.379 e. The lowest BCUT2D eigenvalue weighted by Gasteiger charge is -2.25. The predicted molar refractivity (Wildman–Crippen MR) is 123 cm³/mol. The number of rotatable bonds is 5. The number of ether oxygens (including phenoxy) is 1. The number of nitrogens with one attached hydrogen (secondary N) is 2. The van der Waals surface area contributed by atoms with Gasteiger partial charge >= 0.3 is 0 Å². The summed E-state index contributed by atoms with van der Waals surface area (Å²) in [7, 11) is 0. The van der Waals surface area contributed by atoms with Crippen LogP contribution >= 0.6 is 47.4 Å². The molecule has 0 atom stereocenters. The SMILES string of the molecule is S=C(NCc1ccc(Cl)cc1)c1c[nH]c2sc(CN3CCOCC3)cc2c1=S. The summed E-state index contributed by atoms with van der Waals surface area (Å²) in [6, 6.07) is 9.92. The number of hydrogen-bond acceptors (Lipinski definition) is 5. The number of aromatic nitrogens is 1. The van der Waals surface area contributed by atoms with Crippen molar-refractivity contribution < 1.29 is 4.74 Å². The Labute approximate surface area is 183 Å². The highest BCUT2D eigenvalue weighted by atomic mass is 35.5. The van der Waals surface area contributed by atoms with Gasteiger partial charge in [-0.1, -0.05) is 48.2 Å². The molecule has 3 aromatic rings. The number of nitrogens with zero attached hydrogens (tertiary/aromatic N) is 1. The van der Waals surface area contributed by atoms with E-state index in [1.807, 2.05) is 30.5 Å². The van der Waals surface area contributed by atoms with Crippen LogP contribution in [-0.2, 0) is 17.8 Å². The Morgan fingerprint density at radius 3 is 2.75 bits per heavy atom. The van der Waals surface area contributed by atoms with E-state index in [1.165, 1.54) is 4.88 Å². The molecule has 0 radical (unpaired) electrons. The van der Waals surface area contributed by atoms with Crippen LogP contribution in [0.5, 0.6) is 0 Å². The molecule has 2 aromatic heterocycles. The molecule has 0 bridgehead atoms. The second-order valence-corrected chi connectivity index (χ2v) is 9.07. The molecular formula is C20H20ClN3OS3. The molecule has 146 valence electrons. The summed E-state index contributed by atoms with van der Waals surface area (Å²) >= 11 is 19.0. The van der Waals surface area contributed by atoms with Crippen LogP contribution in [0.4, 0.5) is 0 Å². The molecule has 28 heavy (non-hydrogen) atoms. The van der Waals surface area contributed by atoms with Gasteiger partial charge in [-0.05, 0) is 23.8 Å². The molecule has 0 amide bonds. The van der Waals surface area contributed by atoms with Gasteiger partial charge in [0, 0.05) is 53.2 Å². The number of H-pyrrole nitrogens is 1. The van der Waals surface area contributed by atoms with Gasteiger partial charge in [-0.2, -0.15) is 0 Å². The Balaban J connectivity index is 1.49. The zero-order chi connectivity index (χ0) is 19.5. The van der Waals surface area contributed by atoms with Crippen molar-refractivity contribution in [3.05, 3.63) is 62.1 Å². The predicted octanol–water partition coefficient (Wildman–Crippen LogP) is 4.91. The molecule has 1 aromatic carbocycles. The first kappa shape index (κ1) is 19.9. The first-order valence-corrected chi connectivity index (χ1v) is 11.1. The Hall–Kier alpha value is -1.35. The van der Waals surface area contributed by atoms with Gasteiger partial charge in [0.05, 0.1) is 17.7 Å². The Morgan fingerprint density at radius 2 is 2.00 bits per heavy atom. The molecule has 0 unspecified atom stereocenters. The van der Waals surface area contributed by atoms with Gasteiger partial charge in [0.15, 0.2) is 0 Å². The fraction of sp³-hybridized carbons (Fsp3) is 0.300. The van der Waals surface area contributed by atoms with Crippen molar-refractivity contribution in [2.45, 2.75) is 13.1 Å². The van der Waals surface area contributed by atoms with Gasteiger partial charge in [-0.15, -0.1) is 11.3 Å². The van der Waals surface area contributed by atoms with Crippen LogP contribution in [0, 0.1) is 4.51 Å². The lowest BCUT2D eigenvalue weighted by Crippen LogP contribution is -2.35. The van der Waals surface area contributed by atoms with Gasteiger partial charge < -0.3 is 15.0 Å². The van der Waals surface area contributed by atoms with Crippen LogP contribution in [0.3, 0.4) is 0 Å². The average molecular weight is 450 g/mol. The average Bonchev–Trinajstić information content (AvgIpc) is 3.12. The van der Waals surface area contributed by atoms with Crippen LogP contribution < -0.4 is 5.32 Å². The summed E-state index contributed by atoms with van der Waals surface area (Å²) in [5.74, 6) is 0. The van der Waals surface area contributed by atoms with Crippen LogP contribution in [0.1, 0.15) is 16.0 Å². The van der Waals surface area contributed by atoms with Gasteiger partial charge in [-0.3, -0.25) is 4.90 Å². The van der Waals surface area contributed by atoms with E-state index in [4.69, 9.17) is 40.8 Å². The molecule has 8 heteroatoms. The minimum atomic E-state index is 0.634. The van der Waals surface area contributed by atoms with E-state index in [9.17, 15) is 0 Å². The Kier molecular flexibility index (Phi) is 6.40. The lowest BCUT2D eigenvalue weighted by molar-refractivity contribution is 0.0346. The van der Waals surface area contributed by atoms with Crippen molar-refractivity contribution >= 4 is 62.6 Å². The van der Waals surface area contributed by atoms with Gasteiger partial charge in [-0.25, -0.2) is 0 Å². The molecule has 4 rings (SSSR count). The number of aromatic amines is 1. The second-order valence-electron chi connectivity index (χ2n) is 6.68. The molecule has 0 spiro atoms. The van der Waals surface area contributed by atoms with Crippen molar-refractivity contribution in [2.75, 3.05) is 26.3 Å². The normalized spacial score (nSPS) is 15.0. The second kappa shape index (κ2) is 8.98. The first-order chi connectivity index (χ1) is 13.6. The lowest BCUT2D eigenvalue weighted by atomic mass is 10.2. The number of hydrogen-bond donors (Lipinski definition) is 2. The summed E-state index contributed by atoms with van der Waals surface area (Å²) < 4.78 is 6.23. The van der Waals surface area contributed by atoms with Gasteiger partial charge in [0.2, 0.25) is 0 Å². The van der Waals surface area contributed by atoms with Gasteiger partial charge in [0.25, 0.3) is 0 Å². The molecule has 1 aliphatic rings. The number of thiocarbonyl (C=S) groups is 1. The fourth-order valence-corrected chi connectivity index (χ4v) is 5.06. The highest BCUT2D eigenvalue weighted by Crippen LogP contribution is 2.27. The van der Waals surface area contributed by atoms with E-state index < -0.39 is 0 Å². The van der Waals surface area contributed by atoms with Crippen molar-refractivity contribution in [1.82, 2.24) is 15.2 Å². The van der Waals surface area contributed by atoms with Crippen molar-refractivity contribution in [1.29, 1.82) is 0 Å². The molecule has 1 aliphatic heterocycles. The number of thiophene rings is 1. The summed E-state index contributed by atoms with van der Waals surface area (Å²) in [6.45, 7) is 5.13. The van der Waals surface area contributed by atoms with Crippen LogP contribution in [-0.4, -0.2) is 41.2 Å². The Morgan fingerprint density at radius 1 is 1.25 bits per heavy atom. The molecular weight excluding hydrogens is 430 g/mol. The molecule has 0 aliphatic carbocycles. The quantitative estimate of drug-likeness (QED) is 0.541. The summed E-state index contributed by atoms with van der Waals surface area (Å²) in [5, 5.41) is 5.09. The summed E-state index contributed by atoms with van der Waals surface area (Å²) in [4.78, 5) is 8.83. The monoisotopic (exact) mass is 449 g/mol. The standard InChI is InChI=1S/C20H20ClN3OS3/c21-14-3-1-13(2-4-14)10-22-19(27)17-11-23-20-16(18(17)26)9-15(28-20)12-24-5-7-25-8-6-24/h1-4,9,11H,5-8,10,12H2,(H,22,27)(H,23,26). The van der Waals surface area contributed by atoms with Crippen LogP contribution in [0.25, 0.3) is 10.2 Å². The first-order valence-electron chi connectivity index (χ1n) is 9.07. The molecule has 1 fully saturated rings. The van der Waals surface area contributed by atoms with Gasteiger partial charge in [0.1, 0.15) is 9.82 Å². The van der Waals surface area contributed by atoms with E-state index in [1.54, 1.807) is 11.3 Å². The largest absolute Gasteiger partial charge is 0.379 e. The maximum Gasteiger partial charge on any atom is 0.109 e. The maximum atomic E-state index is 5.94. The number of benzene rings is 1. The highest BCUT2D eigenvalue weighted by Gasteiger charge is 2.14. The van der Waals surface area contributed by atoms with E-state index >= 15 is 0 Å². The molecule has 2 N–H and O–H groups in total. The molecule has 1 saturated heterocycles. The highest BCUT2D eigenvalue weighted by molar-refractivity contribution is 7.80. The van der Waals surface area contributed by atoms with Crippen LogP contribution in [0.2, 0.25) is 5.02 Å². The topological polar surface area (TPSA) is 40.3 Å². The molecule has 3 heterocycles. The summed E-state index contributed by atoms with van der Waals surface area (Å²) in [6.07, 6.45) is 1.91. The summed E-state index contributed by atoms with van der Waals surface area (Å²) in [5.41, 5.74) is 1.98. The van der Waals surface area contributed by atoms with Crippen LogP contribution in [0.15, 0.2) is 36.5 Å². The number of morpholine rings is 1. The molecule has 0 saturated carbocycles. The zero-order valence-electron chi connectivity index (χ0n) is 15.2. The van der Waals surface area contributed by atoms with E-state index in [0.29, 0.717) is 11.5 Å². The number of pyridine rings is 1. The van der Waals surface area contributed by atoms with E-state index in [2.05, 4.69) is 21.3 Å². The Bertz CT molecular complexity index is 1040. The number of fused-ring (bicyclic) bond motifs is 1. The van der Waals surface area contributed by atoms with E-state index in [0.717, 1.165) is 63.7 Å². The molecule has 4 nitrogen and oxygen atoms in total. The van der Waals surface area contributed by atoms with Crippen molar-refractivity contribution in [3.63, 3.8) is 0 Å². The number of halogens is 1. The third-order valence-electron chi connectivity index (χ3n) is 4.71. The fourth-order valence-electron chi connectivity index (χ4n) is 3.17. The smallest absolute Gasteiger partial charge is 0.109 e.